The molecule has 21 heavy (non-hydrogen) atoms. The number of thiophene rings is 1. The Balaban J connectivity index is 2.08. The van der Waals surface area contributed by atoms with E-state index in [9.17, 15) is 13.2 Å². The highest BCUT2D eigenvalue weighted by molar-refractivity contribution is 7.91. The van der Waals surface area contributed by atoms with Gasteiger partial charge in [0.25, 0.3) is 5.91 Å². The zero-order valence-electron chi connectivity index (χ0n) is 13.0. The van der Waals surface area contributed by atoms with E-state index >= 15 is 0 Å². The van der Waals surface area contributed by atoms with Gasteiger partial charge >= 0.3 is 0 Å². The second-order valence-corrected chi connectivity index (χ2v) is 9.45. The number of sulfonamides is 1. The van der Waals surface area contributed by atoms with Gasteiger partial charge in [-0.2, -0.15) is 0 Å². The summed E-state index contributed by atoms with van der Waals surface area (Å²) in [4.78, 5) is 12.2. The van der Waals surface area contributed by atoms with E-state index in [1.54, 1.807) is 12.3 Å². The van der Waals surface area contributed by atoms with Crippen molar-refractivity contribution in [2.24, 2.45) is 21.9 Å². The zero-order chi connectivity index (χ0) is 16.2. The quantitative estimate of drug-likeness (QED) is 0.886. The Morgan fingerprint density at radius 1 is 1.33 bits per heavy atom. The average Bonchev–Trinajstić information content (AvgIpc) is 2.62. The number of hydrogen-bond donors (Lipinski definition) is 2. The predicted molar refractivity (Wildman–Crippen MR) is 83.8 cm³/mol. The maximum atomic E-state index is 12.2. The third kappa shape index (κ3) is 2.62. The second kappa shape index (κ2) is 4.79. The Morgan fingerprint density at radius 3 is 2.24 bits per heavy atom. The molecule has 0 unspecified atom stereocenters. The van der Waals surface area contributed by atoms with Crippen LogP contribution in [0.3, 0.4) is 0 Å². The van der Waals surface area contributed by atoms with Crippen LogP contribution in [-0.2, 0) is 10.0 Å². The number of rotatable bonds is 4. The first-order chi connectivity index (χ1) is 9.40. The molecule has 0 aromatic carbocycles. The van der Waals surface area contributed by atoms with Crippen LogP contribution < -0.4 is 10.5 Å². The lowest BCUT2D eigenvalue weighted by atomic mass is 10.0. The summed E-state index contributed by atoms with van der Waals surface area (Å²) < 4.78 is 22.8. The second-order valence-electron chi connectivity index (χ2n) is 6.81. The van der Waals surface area contributed by atoms with Gasteiger partial charge in [-0.25, -0.2) is 13.6 Å². The zero-order valence-corrected chi connectivity index (χ0v) is 14.6. The van der Waals surface area contributed by atoms with Crippen LogP contribution in [0.5, 0.6) is 0 Å². The first kappa shape index (κ1) is 16.5. The summed E-state index contributed by atoms with van der Waals surface area (Å²) in [6, 6.07) is 0. The summed E-state index contributed by atoms with van der Waals surface area (Å²) in [5.74, 6) is 0.183. The molecule has 1 fully saturated rings. The number of carbonyl (C=O) groups excluding carboxylic acids is 1. The third-order valence-corrected chi connectivity index (χ3v) is 7.97. The lowest BCUT2D eigenvalue weighted by Crippen LogP contribution is -2.27. The molecule has 0 spiro atoms. The molecule has 3 N–H and O–H groups in total. The van der Waals surface area contributed by atoms with E-state index in [1.807, 2.05) is 0 Å². The molecule has 7 heteroatoms. The highest BCUT2D eigenvalue weighted by Gasteiger charge is 2.64. The van der Waals surface area contributed by atoms with Crippen LogP contribution >= 0.6 is 11.3 Å². The largest absolute Gasteiger partial charge is 0.352 e. The van der Waals surface area contributed by atoms with Gasteiger partial charge in [-0.1, -0.05) is 27.7 Å². The SMILES string of the molecule is Cc1c(C(=O)NCC2C(C)(C)C2(C)C)csc1S(N)(=O)=O. The highest BCUT2D eigenvalue weighted by atomic mass is 32.2. The summed E-state index contributed by atoms with van der Waals surface area (Å²) in [7, 11) is -3.76. The number of carbonyl (C=O) groups is 1. The molecule has 5 nitrogen and oxygen atoms in total. The Morgan fingerprint density at radius 2 is 1.86 bits per heavy atom. The fourth-order valence-corrected chi connectivity index (χ4v) is 5.05. The van der Waals surface area contributed by atoms with E-state index in [2.05, 4.69) is 33.0 Å². The minimum atomic E-state index is -3.76. The van der Waals surface area contributed by atoms with Gasteiger partial charge in [0.15, 0.2) is 0 Å². The molecule has 0 saturated heterocycles. The molecule has 0 aliphatic heterocycles. The number of hydrogen-bond acceptors (Lipinski definition) is 4. The van der Waals surface area contributed by atoms with Crippen LogP contribution in [0.25, 0.3) is 0 Å². The van der Waals surface area contributed by atoms with Crippen molar-refractivity contribution in [1.29, 1.82) is 0 Å². The van der Waals surface area contributed by atoms with Crippen molar-refractivity contribution in [3.8, 4) is 0 Å². The third-order valence-electron chi connectivity index (χ3n) is 5.28. The van der Waals surface area contributed by atoms with Crippen LogP contribution in [0.15, 0.2) is 9.59 Å². The van der Waals surface area contributed by atoms with E-state index in [0.29, 0.717) is 23.6 Å². The highest BCUT2D eigenvalue weighted by Crippen LogP contribution is 2.67. The molecule has 1 saturated carbocycles. The summed E-state index contributed by atoms with van der Waals surface area (Å²) in [6.45, 7) is 11.0. The van der Waals surface area contributed by atoms with E-state index in [4.69, 9.17) is 5.14 Å². The molecule has 1 heterocycles. The number of primary sulfonamides is 1. The van der Waals surface area contributed by atoms with E-state index in [0.717, 1.165) is 11.3 Å². The van der Waals surface area contributed by atoms with Gasteiger partial charge in [0, 0.05) is 11.9 Å². The monoisotopic (exact) mass is 330 g/mol. The molecular formula is C14H22N2O3S2. The lowest BCUT2D eigenvalue weighted by molar-refractivity contribution is 0.0949. The molecule has 0 bridgehead atoms. The van der Waals surface area contributed by atoms with Gasteiger partial charge in [0.1, 0.15) is 4.21 Å². The van der Waals surface area contributed by atoms with E-state index in [1.165, 1.54) is 0 Å². The van der Waals surface area contributed by atoms with Crippen molar-refractivity contribution in [2.75, 3.05) is 6.54 Å². The maximum Gasteiger partial charge on any atom is 0.252 e. The van der Waals surface area contributed by atoms with Crippen molar-refractivity contribution >= 4 is 27.3 Å². The van der Waals surface area contributed by atoms with Gasteiger partial charge in [-0.05, 0) is 29.2 Å². The summed E-state index contributed by atoms with van der Waals surface area (Å²) in [5.41, 5.74) is 1.22. The normalized spacial score (nSPS) is 20.3. The summed E-state index contributed by atoms with van der Waals surface area (Å²) in [5, 5.41) is 9.58. The fraction of sp³-hybridized carbons (Fsp3) is 0.643. The molecule has 1 aliphatic carbocycles. The van der Waals surface area contributed by atoms with Crippen LogP contribution in [0.2, 0.25) is 0 Å². The smallest absolute Gasteiger partial charge is 0.252 e. The minimum absolute atomic E-state index is 0.0553. The van der Waals surface area contributed by atoms with E-state index in [-0.39, 0.29) is 20.9 Å². The van der Waals surface area contributed by atoms with Crippen molar-refractivity contribution in [3.05, 3.63) is 16.5 Å². The first-order valence-corrected chi connectivity index (χ1v) is 9.22. The van der Waals surface area contributed by atoms with Gasteiger partial charge < -0.3 is 5.32 Å². The predicted octanol–water partition coefficient (Wildman–Crippen LogP) is 2.12. The molecule has 0 atom stereocenters. The number of nitrogens with two attached hydrogens (primary N) is 1. The average molecular weight is 330 g/mol. The van der Waals surface area contributed by atoms with Crippen molar-refractivity contribution in [1.82, 2.24) is 5.32 Å². The molecule has 1 amide bonds. The Labute approximate surface area is 130 Å². The van der Waals surface area contributed by atoms with Gasteiger partial charge in [-0.15, -0.1) is 11.3 Å². The fourth-order valence-electron chi connectivity index (χ4n) is 3.04. The summed E-state index contributed by atoms with van der Waals surface area (Å²) in [6.07, 6.45) is 0. The molecule has 118 valence electrons. The summed E-state index contributed by atoms with van der Waals surface area (Å²) >= 11 is 0.987. The number of amides is 1. The van der Waals surface area contributed by atoms with Gasteiger partial charge in [0.2, 0.25) is 10.0 Å². The van der Waals surface area contributed by atoms with Crippen LogP contribution in [0.1, 0.15) is 43.6 Å². The Bertz CT molecular complexity index is 673. The van der Waals surface area contributed by atoms with Crippen LogP contribution in [0.4, 0.5) is 0 Å². The number of nitrogens with one attached hydrogen (secondary N) is 1. The van der Waals surface area contributed by atoms with Crippen molar-refractivity contribution in [3.63, 3.8) is 0 Å². The molecule has 1 aromatic rings. The van der Waals surface area contributed by atoms with Crippen LogP contribution in [-0.4, -0.2) is 20.9 Å². The Kier molecular flexibility index (Phi) is 3.75. The topological polar surface area (TPSA) is 89.3 Å². The van der Waals surface area contributed by atoms with Gasteiger partial charge in [-0.3, -0.25) is 4.79 Å². The Hall–Kier alpha value is -0.920. The molecule has 2 rings (SSSR count). The molecule has 1 aromatic heterocycles. The first-order valence-electron chi connectivity index (χ1n) is 6.79. The molecule has 0 radical (unpaired) electrons. The van der Waals surface area contributed by atoms with Gasteiger partial charge in [0.05, 0.1) is 5.56 Å². The minimum Gasteiger partial charge on any atom is -0.352 e. The molecular weight excluding hydrogens is 308 g/mol. The lowest BCUT2D eigenvalue weighted by Gasteiger charge is -2.06. The van der Waals surface area contributed by atoms with Crippen molar-refractivity contribution < 1.29 is 13.2 Å². The molecule has 1 aliphatic rings. The van der Waals surface area contributed by atoms with Crippen molar-refractivity contribution in [2.45, 2.75) is 38.8 Å². The van der Waals surface area contributed by atoms with Crippen LogP contribution in [0, 0.1) is 23.7 Å². The standard InChI is InChI=1S/C14H22N2O3S2/c1-8-9(7-20-12(8)21(15,18)19)11(17)16-6-10-13(2,3)14(10,4)5/h7,10H,6H2,1-5H3,(H,16,17)(H2,15,18,19). The maximum absolute atomic E-state index is 12.2. The van der Waals surface area contributed by atoms with E-state index < -0.39 is 10.0 Å².